The van der Waals surface area contributed by atoms with Crippen molar-refractivity contribution in [2.24, 2.45) is 0 Å². The second kappa shape index (κ2) is 16.1. The van der Waals surface area contributed by atoms with E-state index in [0.29, 0.717) is 0 Å². The smallest absolute Gasteiger partial charge is 0.179 e. The molecule has 11 aromatic carbocycles. The molecule has 70 heavy (non-hydrogen) atoms. The van der Waals surface area contributed by atoms with Crippen LogP contribution in [0.3, 0.4) is 0 Å². The molecule has 3 heterocycles. The zero-order chi connectivity index (χ0) is 46.2. The minimum atomic E-state index is -2.79. The first-order valence-corrected chi connectivity index (χ1v) is 26.2. The lowest BCUT2D eigenvalue weighted by molar-refractivity contribution is 1.17. The molecular formula is C66H45N3Si. The van der Waals surface area contributed by atoms with Crippen LogP contribution in [-0.4, -0.2) is 21.8 Å². The highest BCUT2D eigenvalue weighted by atomic mass is 28.3. The van der Waals surface area contributed by atoms with Crippen molar-refractivity contribution >= 4 is 94.2 Å². The minimum Gasteiger partial charge on any atom is -0.309 e. The van der Waals surface area contributed by atoms with Gasteiger partial charge in [-0.25, -0.2) is 0 Å². The quantitative estimate of drug-likeness (QED) is 0.107. The van der Waals surface area contributed by atoms with Crippen molar-refractivity contribution in [2.75, 3.05) is 0 Å². The van der Waals surface area contributed by atoms with E-state index in [1.807, 2.05) is 0 Å². The summed E-state index contributed by atoms with van der Waals surface area (Å²) in [5, 5.41) is 12.8. The van der Waals surface area contributed by atoms with E-state index in [0.717, 1.165) is 17.1 Å². The second-order valence-electron chi connectivity index (χ2n) is 18.4. The number of hydrogen-bond donors (Lipinski definition) is 0. The van der Waals surface area contributed by atoms with Crippen LogP contribution in [0.4, 0.5) is 0 Å². The molecule has 0 radical (unpaired) electrons. The SMILES string of the molecule is c1ccc(-n2c3ccccc3c3cc(-c4cccc5c4c4ccccc4n5-c4cccc5c4c4ccccc4n5-c4cccc([Si](c5ccccc5)(c5ccccc5)c5ccccc5)c4)ccc32)cc1. The molecule has 0 saturated heterocycles. The van der Waals surface area contributed by atoms with E-state index in [4.69, 9.17) is 0 Å². The van der Waals surface area contributed by atoms with Crippen molar-refractivity contribution in [3.63, 3.8) is 0 Å². The molecule has 0 aliphatic heterocycles. The van der Waals surface area contributed by atoms with E-state index in [1.165, 1.54) is 97.3 Å². The minimum absolute atomic E-state index is 1.15. The Bertz CT molecular complexity index is 4180. The zero-order valence-corrected chi connectivity index (χ0v) is 39.3. The molecule has 0 spiro atoms. The van der Waals surface area contributed by atoms with Gasteiger partial charge in [0.25, 0.3) is 0 Å². The fraction of sp³-hybridized carbons (Fsp3) is 0. The fourth-order valence-electron chi connectivity index (χ4n) is 11.9. The van der Waals surface area contributed by atoms with E-state index < -0.39 is 8.07 Å². The maximum atomic E-state index is 2.52. The molecule has 3 nitrogen and oxygen atoms in total. The number of hydrogen-bond acceptors (Lipinski definition) is 0. The van der Waals surface area contributed by atoms with Gasteiger partial charge in [0.05, 0.1) is 38.8 Å². The van der Waals surface area contributed by atoms with Crippen LogP contribution in [0, 0.1) is 0 Å². The third-order valence-corrected chi connectivity index (χ3v) is 19.5. The average molecular weight is 908 g/mol. The predicted molar refractivity (Wildman–Crippen MR) is 299 cm³/mol. The summed E-state index contributed by atoms with van der Waals surface area (Å²) in [6.45, 7) is 0. The van der Waals surface area contributed by atoms with Gasteiger partial charge in [0, 0.05) is 43.7 Å². The lowest BCUT2D eigenvalue weighted by Gasteiger charge is -2.34. The maximum Gasteiger partial charge on any atom is 0.179 e. The first kappa shape index (κ1) is 40.1. The van der Waals surface area contributed by atoms with Gasteiger partial charge in [0.1, 0.15) is 0 Å². The van der Waals surface area contributed by atoms with Crippen LogP contribution < -0.4 is 20.7 Å². The number of fused-ring (bicyclic) bond motifs is 9. The summed E-state index contributed by atoms with van der Waals surface area (Å²) in [6.07, 6.45) is 0. The first-order valence-electron chi connectivity index (χ1n) is 24.2. The molecule has 0 atom stereocenters. The molecule has 0 amide bonds. The van der Waals surface area contributed by atoms with Gasteiger partial charge in [-0.3, -0.25) is 0 Å². The van der Waals surface area contributed by atoms with Crippen molar-refractivity contribution in [1.29, 1.82) is 0 Å². The van der Waals surface area contributed by atoms with E-state index in [9.17, 15) is 0 Å². The number of aromatic nitrogens is 3. The molecule has 14 rings (SSSR count). The highest BCUT2D eigenvalue weighted by molar-refractivity contribution is 7.19. The predicted octanol–water partition coefficient (Wildman–Crippen LogP) is 14.0. The van der Waals surface area contributed by atoms with Gasteiger partial charge < -0.3 is 13.7 Å². The Labute approximate surface area is 407 Å². The second-order valence-corrected chi connectivity index (χ2v) is 22.2. The van der Waals surface area contributed by atoms with E-state index in [-0.39, 0.29) is 0 Å². The molecule has 0 bridgehead atoms. The number of benzene rings is 11. The lowest BCUT2D eigenvalue weighted by atomic mass is 9.98. The van der Waals surface area contributed by atoms with Gasteiger partial charge in [-0.05, 0) is 105 Å². The summed E-state index contributed by atoms with van der Waals surface area (Å²) >= 11 is 0. The highest BCUT2D eigenvalue weighted by Gasteiger charge is 2.41. The van der Waals surface area contributed by atoms with Crippen LogP contribution in [0.2, 0.25) is 0 Å². The van der Waals surface area contributed by atoms with Crippen molar-refractivity contribution < 1.29 is 0 Å². The third-order valence-electron chi connectivity index (χ3n) is 14.8. The fourth-order valence-corrected chi connectivity index (χ4v) is 16.7. The molecule has 4 heteroatoms. The van der Waals surface area contributed by atoms with Gasteiger partial charge in [-0.2, -0.15) is 0 Å². The van der Waals surface area contributed by atoms with E-state index in [2.05, 4.69) is 287 Å². The summed E-state index contributed by atoms with van der Waals surface area (Å²) in [7, 11) is -2.79. The van der Waals surface area contributed by atoms with E-state index in [1.54, 1.807) is 0 Å². The van der Waals surface area contributed by atoms with Crippen LogP contribution in [0.25, 0.3) is 93.6 Å². The molecule has 0 aliphatic carbocycles. The Morgan fingerprint density at radius 1 is 0.243 bits per heavy atom. The Balaban J connectivity index is 0.994. The van der Waals surface area contributed by atoms with Crippen LogP contribution in [0.5, 0.6) is 0 Å². The summed E-state index contributed by atoms with van der Waals surface area (Å²) in [5.74, 6) is 0. The summed E-state index contributed by atoms with van der Waals surface area (Å²) < 4.78 is 7.41. The molecule has 0 saturated carbocycles. The van der Waals surface area contributed by atoms with Crippen LogP contribution in [0.1, 0.15) is 0 Å². The van der Waals surface area contributed by atoms with Crippen LogP contribution in [-0.2, 0) is 0 Å². The topological polar surface area (TPSA) is 14.8 Å². The number of rotatable bonds is 8. The van der Waals surface area contributed by atoms with Crippen molar-refractivity contribution in [1.82, 2.24) is 13.7 Å². The van der Waals surface area contributed by atoms with Crippen LogP contribution in [0.15, 0.2) is 273 Å². The lowest BCUT2D eigenvalue weighted by Crippen LogP contribution is -2.74. The Hall–Kier alpha value is -8.96. The standard InChI is InChI=1S/C66H45N3Si/c1-5-22-47(23-6-1)67-58-36-16-13-32-54(58)57-44-46(42-43-61(57)67)53-35-20-39-62-65(53)55-33-14-18-38-60(55)69(62)64-41-21-40-63-66(64)56-34-15-17-37-59(56)68(63)48-24-19-31-52(45-48)70(49-25-7-2-8-26-49,50-27-9-3-10-28-50)51-29-11-4-12-30-51/h1-45H. The Kier molecular flexibility index (Phi) is 9.23. The normalized spacial score (nSPS) is 12.0. The third kappa shape index (κ3) is 5.94. The van der Waals surface area contributed by atoms with E-state index >= 15 is 0 Å². The molecule has 0 N–H and O–H groups in total. The molecule has 328 valence electrons. The average Bonchev–Trinajstić information content (AvgIpc) is 4.08. The van der Waals surface area contributed by atoms with Gasteiger partial charge in [-0.15, -0.1) is 0 Å². The summed E-state index contributed by atoms with van der Waals surface area (Å²) in [6, 6.07) is 101. The van der Waals surface area contributed by atoms with Crippen molar-refractivity contribution in [2.45, 2.75) is 0 Å². The molecule has 3 aromatic heterocycles. The monoisotopic (exact) mass is 907 g/mol. The van der Waals surface area contributed by atoms with Crippen molar-refractivity contribution in [3.8, 4) is 28.2 Å². The maximum absolute atomic E-state index is 2.79. The Morgan fingerprint density at radius 2 is 0.671 bits per heavy atom. The molecule has 0 aliphatic rings. The summed E-state index contributed by atoms with van der Waals surface area (Å²) in [5.41, 5.74) is 13.0. The molecule has 14 aromatic rings. The van der Waals surface area contributed by atoms with Gasteiger partial charge in [0.2, 0.25) is 0 Å². The molecule has 0 unspecified atom stereocenters. The molecular weight excluding hydrogens is 863 g/mol. The Morgan fingerprint density at radius 3 is 1.31 bits per heavy atom. The highest BCUT2D eigenvalue weighted by Crippen LogP contribution is 2.44. The van der Waals surface area contributed by atoms with Gasteiger partial charge in [0.15, 0.2) is 8.07 Å². The number of para-hydroxylation sites is 4. The molecule has 0 fully saturated rings. The van der Waals surface area contributed by atoms with Gasteiger partial charge in [-0.1, -0.05) is 200 Å². The first-order chi connectivity index (χ1) is 34.8. The summed E-state index contributed by atoms with van der Waals surface area (Å²) in [4.78, 5) is 0. The van der Waals surface area contributed by atoms with Gasteiger partial charge >= 0.3 is 0 Å². The van der Waals surface area contributed by atoms with Crippen molar-refractivity contribution in [3.05, 3.63) is 273 Å². The zero-order valence-electron chi connectivity index (χ0n) is 38.3. The number of nitrogens with zero attached hydrogens (tertiary/aromatic N) is 3. The van der Waals surface area contributed by atoms with Crippen LogP contribution >= 0.6 is 0 Å². The largest absolute Gasteiger partial charge is 0.309 e.